The monoisotopic (exact) mass is 288 g/mol. The predicted octanol–water partition coefficient (Wildman–Crippen LogP) is 2.29. The summed E-state index contributed by atoms with van der Waals surface area (Å²) >= 11 is 1.46. The van der Waals surface area contributed by atoms with Crippen LogP contribution in [-0.2, 0) is 4.79 Å². The largest absolute Gasteiger partial charge is 0.351 e. The Morgan fingerprint density at radius 2 is 2.00 bits per heavy atom. The van der Waals surface area contributed by atoms with Gasteiger partial charge in [-0.15, -0.1) is 11.3 Å². The first-order chi connectivity index (χ1) is 9.63. The Morgan fingerprint density at radius 1 is 1.25 bits per heavy atom. The normalized spacial score (nSPS) is 10.4. The summed E-state index contributed by atoms with van der Waals surface area (Å²) in [5.74, 6) is -0.283. The zero-order valence-electron chi connectivity index (χ0n) is 10.4. The number of carbonyl (C=O) groups excluding carboxylic acids is 2. The molecule has 1 heterocycles. The minimum atomic E-state index is -0.656. The summed E-state index contributed by atoms with van der Waals surface area (Å²) in [7, 11) is 0. The second-order valence-corrected chi connectivity index (χ2v) is 4.52. The maximum Gasteiger partial charge on any atom is 0.316 e. The maximum atomic E-state index is 11.7. The third kappa shape index (κ3) is 4.21. The van der Waals surface area contributed by atoms with Gasteiger partial charge in [0, 0.05) is 22.8 Å². The second-order valence-electron chi connectivity index (χ2n) is 3.81. The van der Waals surface area contributed by atoms with Gasteiger partial charge in [0.1, 0.15) is 0 Å². The van der Waals surface area contributed by atoms with Crippen LogP contribution in [0.3, 0.4) is 0 Å². The number of nitrogens with one attached hydrogen (secondary N) is 2. The molecule has 4 N–H and O–H groups in total. The number of nitrogens with two attached hydrogens (primary N) is 1. The van der Waals surface area contributed by atoms with Gasteiger partial charge in [-0.05, 0) is 24.3 Å². The number of carbonyl (C=O) groups is 2. The van der Waals surface area contributed by atoms with Gasteiger partial charge in [0.25, 0.3) is 0 Å². The van der Waals surface area contributed by atoms with Crippen molar-refractivity contribution in [1.29, 1.82) is 0 Å². The molecular weight excluding hydrogens is 276 g/mol. The fraction of sp³-hybridized carbons (Fsp3) is 0. The number of primary amides is 1. The van der Waals surface area contributed by atoms with Gasteiger partial charge in [0.05, 0.1) is 11.2 Å². The van der Waals surface area contributed by atoms with Crippen LogP contribution in [-0.4, -0.2) is 16.9 Å². The smallest absolute Gasteiger partial charge is 0.316 e. The number of aromatic nitrogens is 1. The van der Waals surface area contributed by atoms with Crippen LogP contribution in [0.2, 0.25) is 0 Å². The van der Waals surface area contributed by atoms with Crippen molar-refractivity contribution in [2.75, 3.05) is 10.6 Å². The van der Waals surface area contributed by atoms with Gasteiger partial charge < -0.3 is 16.4 Å². The third-order valence-electron chi connectivity index (χ3n) is 2.25. The number of anilines is 2. The molecule has 6 nitrogen and oxygen atoms in total. The molecule has 0 radical (unpaired) electrons. The highest BCUT2D eigenvalue weighted by Gasteiger charge is 2.01. The fourth-order valence-electron chi connectivity index (χ4n) is 1.47. The summed E-state index contributed by atoms with van der Waals surface area (Å²) in [6, 6.07) is 6.04. The molecule has 20 heavy (non-hydrogen) atoms. The molecule has 2 aromatic rings. The summed E-state index contributed by atoms with van der Waals surface area (Å²) in [5, 5.41) is 6.94. The van der Waals surface area contributed by atoms with Crippen molar-refractivity contribution in [3.8, 4) is 0 Å². The highest BCUT2D eigenvalue weighted by atomic mass is 32.1. The van der Waals surface area contributed by atoms with Crippen LogP contribution in [0.15, 0.2) is 41.2 Å². The number of nitrogens with zero attached hydrogens (tertiary/aromatic N) is 1. The van der Waals surface area contributed by atoms with Crippen molar-refractivity contribution in [2.24, 2.45) is 5.73 Å². The first kappa shape index (κ1) is 13.8. The lowest BCUT2D eigenvalue weighted by molar-refractivity contribution is -0.111. The van der Waals surface area contributed by atoms with E-state index in [0.29, 0.717) is 11.4 Å². The molecule has 1 aromatic heterocycles. The minimum Gasteiger partial charge on any atom is -0.351 e. The average molecular weight is 288 g/mol. The van der Waals surface area contributed by atoms with Crippen molar-refractivity contribution in [3.63, 3.8) is 0 Å². The van der Waals surface area contributed by atoms with Crippen LogP contribution >= 0.6 is 11.3 Å². The fourth-order valence-corrected chi connectivity index (χ4v) is 1.99. The Kier molecular flexibility index (Phi) is 4.46. The van der Waals surface area contributed by atoms with Crippen molar-refractivity contribution in [2.45, 2.75) is 0 Å². The quantitative estimate of drug-likeness (QED) is 0.753. The molecule has 0 fully saturated rings. The number of hydrogen-bond acceptors (Lipinski definition) is 4. The lowest BCUT2D eigenvalue weighted by Crippen LogP contribution is -2.19. The molecule has 0 atom stereocenters. The molecule has 2 rings (SSSR count). The minimum absolute atomic E-state index is 0.283. The molecule has 102 valence electrons. The molecule has 3 amide bonds. The van der Waals surface area contributed by atoms with E-state index in [9.17, 15) is 9.59 Å². The van der Waals surface area contributed by atoms with E-state index >= 15 is 0 Å². The molecule has 0 saturated heterocycles. The highest BCUT2D eigenvalue weighted by molar-refractivity contribution is 7.07. The van der Waals surface area contributed by atoms with E-state index < -0.39 is 6.03 Å². The highest BCUT2D eigenvalue weighted by Crippen LogP contribution is 2.15. The molecular formula is C13H12N4O2S. The topological polar surface area (TPSA) is 97.1 Å². The van der Waals surface area contributed by atoms with E-state index in [2.05, 4.69) is 15.6 Å². The Labute approximate surface area is 119 Å². The summed E-state index contributed by atoms with van der Waals surface area (Å²) in [5.41, 5.74) is 8.52. The molecule has 7 heteroatoms. The van der Waals surface area contributed by atoms with Crippen LogP contribution in [0, 0.1) is 0 Å². The Morgan fingerprint density at radius 3 is 2.65 bits per heavy atom. The van der Waals surface area contributed by atoms with E-state index in [1.807, 2.05) is 5.38 Å². The van der Waals surface area contributed by atoms with Crippen molar-refractivity contribution >= 4 is 40.7 Å². The zero-order valence-corrected chi connectivity index (χ0v) is 11.2. The third-order valence-corrected chi connectivity index (χ3v) is 2.86. The van der Waals surface area contributed by atoms with E-state index in [1.54, 1.807) is 35.9 Å². The van der Waals surface area contributed by atoms with Gasteiger partial charge in [-0.1, -0.05) is 6.07 Å². The van der Waals surface area contributed by atoms with Crippen molar-refractivity contribution < 1.29 is 9.59 Å². The molecule has 0 bridgehead atoms. The van der Waals surface area contributed by atoms with Gasteiger partial charge in [0.2, 0.25) is 5.91 Å². The molecule has 0 aliphatic rings. The van der Waals surface area contributed by atoms with Crippen molar-refractivity contribution in [1.82, 2.24) is 4.98 Å². The van der Waals surface area contributed by atoms with Gasteiger partial charge in [-0.25, -0.2) is 9.78 Å². The Hall–Kier alpha value is -2.67. The first-order valence-corrected chi connectivity index (χ1v) is 6.61. The average Bonchev–Trinajstić information content (AvgIpc) is 2.89. The van der Waals surface area contributed by atoms with E-state index in [-0.39, 0.29) is 5.91 Å². The standard InChI is InChI=1S/C13H12N4O2S/c14-13(19)17-10-3-1-2-9(6-10)16-12(18)5-4-11-7-20-8-15-11/h1-8H,(H,16,18)(H3,14,17,19). The number of benzene rings is 1. The van der Waals surface area contributed by atoms with E-state index in [0.717, 1.165) is 5.69 Å². The van der Waals surface area contributed by atoms with Gasteiger partial charge >= 0.3 is 6.03 Å². The molecule has 1 aromatic carbocycles. The second kappa shape index (κ2) is 6.48. The van der Waals surface area contributed by atoms with E-state index in [4.69, 9.17) is 5.73 Å². The van der Waals surface area contributed by atoms with Gasteiger partial charge in [0.15, 0.2) is 0 Å². The lowest BCUT2D eigenvalue weighted by Gasteiger charge is -2.05. The summed E-state index contributed by atoms with van der Waals surface area (Å²) < 4.78 is 0. The summed E-state index contributed by atoms with van der Waals surface area (Å²) in [6.07, 6.45) is 3.01. The van der Waals surface area contributed by atoms with Gasteiger partial charge in [-0.2, -0.15) is 0 Å². The van der Waals surface area contributed by atoms with Crippen LogP contribution in [0.1, 0.15) is 5.69 Å². The van der Waals surface area contributed by atoms with Crippen LogP contribution in [0.25, 0.3) is 6.08 Å². The first-order valence-electron chi connectivity index (χ1n) is 5.67. The SMILES string of the molecule is NC(=O)Nc1cccc(NC(=O)C=Cc2cscn2)c1. The molecule has 0 saturated carbocycles. The molecule has 0 spiro atoms. The van der Waals surface area contributed by atoms with Crippen LogP contribution in [0.4, 0.5) is 16.2 Å². The predicted molar refractivity (Wildman–Crippen MR) is 79.4 cm³/mol. The maximum absolute atomic E-state index is 11.7. The molecule has 0 unspecified atom stereocenters. The number of amides is 3. The Bertz CT molecular complexity index is 638. The summed E-state index contributed by atoms with van der Waals surface area (Å²) in [6.45, 7) is 0. The summed E-state index contributed by atoms with van der Waals surface area (Å²) in [4.78, 5) is 26.5. The van der Waals surface area contributed by atoms with Crippen LogP contribution in [0.5, 0.6) is 0 Å². The molecule has 0 aliphatic carbocycles. The number of rotatable bonds is 4. The zero-order chi connectivity index (χ0) is 14.4. The number of hydrogen-bond donors (Lipinski definition) is 3. The van der Waals surface area contributed by atoms with Crippen LogP contribution < -0.4 is 16.4 Å². The van der Waals surface area contributed by atoms with E-state index in [1.165, 1.54) is 17.4 Å². The number of thiazole rings is 1. The molecule has 0 aliphatic heterocycles. The number of urea groups is 1. The lowest BCUT2D eigenvalue weighted by atomic mass is 10.2. The van der Waals surface area contributed by atoms with Gasteiger partial charge in [-0.3, -0.25) is 4.79 Å². The van der Waals surface area contributed by atoms with Crippen molar-refractivity contribution in [3.05, 3.63) is 46.9 Å². The Balaban J connectivity index is 1.99.